The van der Waals surface area contributed by atoms with E-state index in [0.29, 0.717) is 5.75 Å². The number of rotatable bonds is 0. The molecule has 1 heterocycles. The van der Waals surface area contributed by atoms with Crippen molar-refractivity contribution in [2.24, 2.45) is 0 Å². The van der Waals surface area contributed by atoms with Crippen molar-refractivity contribution in [1.29, 1.82) is 0 Å². The van der Waals surface area contributed by atoms with Crippen LogP contribution < -0.4 is 4.74 Å². The molecule has 0 fully saturated rings. The lowest BCUT2D eigenvalue weighted by molar-refractivity contribution is 0.0353. The van der Waals surface area contributed by atoms with Gasteiger partial charge in [0.15, 0.2) is 0 Å². The molecular weight excluding hydrogens is 400 g/mol. The number of benzene rings is 4. The van der Waals surface area contributed by atoms with Gasteiger partial charge in [-0.15, -0.1) is 0 Å². The van der Waals surface area contributed by atoms with Crippen LogP contribution in [0.3, 0.4) is 0 Å². The third-order valence-electron chi connectivity index (χ3n) is 6.18. The standard InChI is InChI=1S/C28H18O4/c29-27-21-11-5-6-12-22(21)28(30)32-24-16-14-18-8-2-4-10-20(18)26(24)25-19-9-3-1-7-17(19)13-15-23(25)31-27/h1-16,23,25H. The molecule has 4 aromatic rings. The van der Waals surface area contributed by atoms with Crippen molar-refractivity contribution in [1.82, 2.24) is 0 Å². The predicted octanol–water partition coefficient (Wildman–Crippen LogP) is 5.76. The number of ether oxygens (including phenoxy) is 2. The fraction of sp³-hybridized carbons (Fsp3) is 0.0714. The van der Waals surface area contributed by atoms with Crippen molar-refractivity contribution in [3.63, 3.8) is 0 Å². The van der Waals surface area contributed by atoms with E-state index in [1.807, 2.05) is 72.8 Å². The van der Waals surface area contributed by atoms with E-state index in [0.717, 1.165) is 27.5 Å². The first-order valence-corrected chi connectivity index (χ1v) is 10.5. The number of esters is 2. The Morgan fingerprint density at radius 2 is 1.41 bits per heavy atom. The molecule has 0 radical (unpaired) electrons. The maximum Gasteiger partial charge on any atom is 0.344 e. The highest BCUT2D eigenvalue weighted by molar-refractivity contribution is 6.04. The average Bonchev–Trinajstić information content (AvgIpc) is 2.84. The molecule has 2 atom stereocenters. The largest absolute Gasteiger partial charge is 0.453 e. The van der Waals surface area contributed by atoms with Crippen molar-refractivity contribution >= 4 is 28.8 Å². The predicted molar refractivity (Wildman–Crippen MR) is 122 cm³/mol. The summed E-state index contributed by atoms with van der Waals surface area (Å²) in [6, 6.07) is 26.4. The Labute approximate surface area is 184 Å². The molecule has 0 bridgehead atoms. The van der Waals surface area contributed by atoms with Crippen molar-refractivity contribution in [2.45, 2.75) is 12.0 Å². The first kappa shape index (κ1) is 18.6. The van der Waals surface area contributed by atoms with Crippen molar-refractivity contribution in [3.05, 3.63) is 119 Å². The Kier molecular flexibility index (Phi) is 4.18. The Morgan fingerprint density at radius 3 is 2.28 bits per heavy atom. The van der Waals surface area contributed by atoms with Gasteiger partial charge in [0, 0.05) is 5.56 Å². The van der Waals surface area contributed by atoms with E-state index >= 15 is 0 Å². The highest BCUT2D eigenvalue weighted by Gasteiger charge is 2.36. The van der Waals surface area contributed by atoms with Gasteiger partial charge in [0.1, 0.15) is 11.9 Å². The summed E-state index contributed by atoms with van der Waals surface area (Å²) in [6.45, 7) is 0. The van der Waals surface area contributed by atoms with Gasteiger partial charge in [0.25, 0.3) is 0 Å². The van der Waals surface area contributed by atoms with Crippen LogP contribution in [0, 0.1) is 0 Å². The van der Waals surface area contributed by atoms with Crippen molar-refractivity contribution in [3.8, 4) is 5.75 Å². The molecule has 1 aliphatic carbocycles. The van der Waals surface area contributed by atoms with Gasteiger partial charge in [0.05, 0.1) is 17.0 Å². The number of hydrogen-bond acceptors (Lipinski definition) is 4. The van der Waals surface area contributed by atoms with E-state index in [1.165, 1.54) is 0 Å². The summed E-state index contributed by atoms with van der Waals surface area (Å²) in [4.78, 5) is 26.3. The third kappa shape index (κ3) is 2.84. The fourth-order valence-corrected chi connectivity index (χ4v) is 4.73. The van der Waals surface area contributed by atoms with E-state index < -0.39 is 18.0 Å². The van der Waals surface area contributed by atoms with Crippen LogP contribution in [0.5, 0.6) is 5.75 Å². The quantitative estimate of drug-likeness (QED) is 0.269. The molecular formula is C28H18O4. The summed E-state index contributed by atoms with van der Waals surface area (Å²) in [5.41, 5.74) is 3.30. The van der Waals surface area contributed by atoms with Gasteiger partial charge in [-0.2, -0.15) is 0 Å². The monoisotopic (exact) mass is 418 g/mol. The zero-order chi connectivity index (χ0) is 21.7. The lowest BCUT2D eigenvalue weighted by Crippen LogP contribution is -2.30. The van der Waals surface area contributed by atoms with Gasteiger partial charge in [-0.3, -0.25) is 0 Å². The van der Waals surface area contributed by atoms with E-state index in [4.69, 9.17) is 9.47 Å². The lowest BCUT2D eigenvalue weighted by Gasteiger charge is -2.32. The van der Waals surface area contributed by atoms with Crippen LogP contribution in [-0.4, -0.2) is 18.0 Å². The molecule has 2 unspecified atom stereocenters. The second kappa shape index (κ2) is 7.20. The minimum Gasteiger partial charge on any atom is -0.453 e. The number of fused-ring (bicyclic) bond motifs is 8. The maximum atomic E-state index is 13.1. The SMILES string of the molecule is O=C1Oc2ccc3ccccc3c2C2c3ccccc3C=CC2OC(=O)c2ccccc21. The molecule has 4 heteroatoms. The molecule has 0 spiro atoms. The van der Waals surface area contributed by atoms with Crippen LogP contribution in [-0.2, 0) is 4.74 Å². The molecule has 0 saturated heterocycles. The minimum atomic E-state index is -0.577. The summed E-state index contributed by atoms with van der Waals surface area (Å²) in [5.74, 6) is -0.965. The molecule has 0 aromatic heterocycles. The van der Waals surface area contributed by atoms with E-state index in [1.54, 1.807) is 24.3 Å². The summed E-state index contributed by atoms with van der Waals surface area (Å²) in [5, 5.41) is 1.99. The number of carbonyl (C=O) groups is 2. The molecule has 6 rings (SSSR count). The van der Waals surface area contributed by atoms with Crippen LogP contribution in [0.4, 0.5) is 0 Å². The van der Waals surface area contributed by atoms with Crippen LogP contribution >= 0.6 is 0 Å². The van der Waals surface area contributed by atoms with Gasteiger partial charge in [-0.05, 0) is 46.2 Å². The van der Waals surface area contributed by atoms with Gasteiger partial charge in [-0.1, -0.05) is 72.8 Å². The Balaban J connectivity index is 1.67. The second-order valence-corrected chi connectivity index (χ2v) is 7.97. The van der Waals surface area contributed by atoms with Gasteiger partial charge >= 0.3 is 11.9 Å². The topological polar surface area (TPSA) is 52.6 Å². The second-order valence-electron chi connectivity index (χ2n) is 7.97. The normalized spacial score (nSPS) is 19.1. The maximum absolute atomic E-state index is 13.1. The summed E-state index contributed by atoms with van der Waals surface area (Å²) in [6.07, 6.45) is 3.35. The highest BCUT2D eigenvalue weighted by Crippen LogP contribution is 2.45. The molecule has 154 valence electrons. The highest BCUT2D eigenvalue weighted by atomic mass is 16.5. The number of hydrogen-bond donors (Lipinski definition) is 0. The van der Waals surface area contributed by atoms with Crippen LogP contribution in [0.15, 0.2) is 91.0 Å². The Hall–Kier alpha value is -4.18. The van der Waals surface area contributed by atoms with Gasteiger partial charge < -0.3 is 9.47 Å². The van der Waals surface area contributed by atoms with E-state index in [9.17, 15) is 9.59 Å². The minimum absolute atomic E-state index is 0.190. The average molecular weight is 418 g/mol. The molecule has 0 saturated carbocycles. The Morgan fingerprint density at radius 1 is 0.688 bits per heavy atom. The smallest absolute Gasteiger partial charge is 0.344 e. The molecule has 4 aromatic carbocycles. The van der Waals surface area contributed by atoms with Gasteiger partial charge in [-0.25, -0.2) is 9.59 Å². The summed E-state index contributed by atoms with van der Waals surface area (Å²) >= 11 is 0. The third-order valence-corrected chi connectivity index (χ3v) is 6.18. The molecule has 0 N–H and O–H groups in total. The summed E-state index contributed by atoms with van der Waals surface area (Å²) in [7, 11) is 0. The van der Waals surface area contributed by atoms with Gasteiger partial charge in [0.2, 0.25) is 0 Å². The van der Waals surface area contributed by atoms with Crippen molar-refractivity contribution in [2.75, 3.05) is 0 Å². The van der Waals surface area contributed by atoms with E-state index in [-0.39, 0.29) is 17.0 Å². The van der Waals surface area contributed by atoms with Crippen molar-refractivity contribution < 1.29 is 19.1 Å². The first-order chi connectivity index (χ1) is 15.7. The molecule has 0 amide bonds. The van der Waals surface area contributed by atoms with Crippen LogP contribution in [0.2, 0.25) is 0 Å². The van der Waals surface area contributed by atoms with Crippen LogP contribution in [0.1, 0.15) is 43.3 Å². The van der Waals surface area contributed by atoms with Crippen LogP contribution in [0.25, 0.3) is 16.8 Å². The Bertz CT molecular complexity index is 1430. The molecule has 4 nitrogen and oxygen atoms in total. The molecule has 1 aliphatic heterocycles. The zero-order valence-electron chi connectivity index (χ0n) is 17.0. The first-order valence-electron chi connectivity index (χ1n) is 10.5. The fourth-order valence-electron chi connectivity index (χ4n) is 4.73. The van der Waals surface area contributed by atoms with E-state index in [2.05, 4.69) is 0 Å². The lowest BCUT2D eigenvalue weighted by atomic mass is 9.78. The number of carbonyl (C=O) groups excluding carboxylic acids is 2. The summed E-state index contributed by atoms with van der Waals surface area (Å²) < 4.78 is 12.0. The molecule has 32 heavy (non-hydrogen) atoms. The zero-order valence-corrected chi connectivity index (χ0v) is 17.0. The molecule has 2 aliphatic rings.